The van der Waals surface area contributed by atoms with E-state index >= 15 is 0 Å². The van der Waals surface area contributed by atoms with Gasteiger partial charge in [-0.05, 0) is 45.4 Å². The van der Waals surface area contributed by atoms with Crippen molar-refractivity contribution >= 4 is 0 Å². The summed E-state index contributed by atoms with van der Waals surface area (Å²) in [5.74, 6) is 1.09. The van der Waals surface area contributed by atoms with Gasteiger partial charge < -0.3 is 20.4 Å². The number of hydrogen-bond donors (Lipinski definition) is 4. The molecule has 0 aromatic carbocycles. The van der Waals surface area contributed by atoms with Crippen LogP contribution in [0.15, 0.2) is 0 Å². The summed E-state index contributed by atoms with van der Waals surface area (Å²) in [5.41, 5.74) is 0. The quantitative estimate of drug-likeness (QED) is 0.643. The van der Waals surface area contributed by atoms with Crippen molar-refractivity contribution in [3.8, 4) is 0 Å². The fraction of sp³-hybridized carbons (Fsp3) is 1.00. The van der Waals surface area contributed by atoms with E-state index in [0.29, 0.717) is 25.0 Å². The largest absolute Gasteiger partial charge is 0.396 e. The van der Waals surface area contributed by atoms with E-state index in [1.54, 1.807) is 20.8 Å². The van der Waals surface area contributed by atoms with Crippen LogP contribution in [0.2, 0.25) is 0 Å². The summed E-state index contributed by atoms with van der Waals surface area (Å²) in [4.78, 5) is 0. The Morgan fingerprint density at radius 3 is 1.00 bits per heavy atom. The van der Waals surface area contributed by atoms with Crippen LogP contribution in [0.25, 0.3) is 0 Å². The summed E-state index contributed by atoms with van der Waals surface area (Å²) >= 11 is 0. The Kier molecular flexibility index (Phi) is 33.5. The monoisotopic (exact) mass is 296 g/mol. The van der Waals surface area contributed by atoms with Crippen LogP contribution < -0.4 is 0 Å². The lowest BCUT2D eigenvalue weighted by atomic mass is 10.2. The first kappa shape index (κ1) is 28.1. The molecule has 0 bridgehead atoms. The molecular formula is C16H40O4. The molecule has 0 saturated heterocycles. The van der Waals surface area contributed by atoms with Crippen molar-refractivity contribution in [2.75, 3.05) is 13.2 Å². The highest BCUT2D eigenvalue weighted by Crippen LogP contribution is 1.94. The van der Waals surface area contributed by atoms with Crippen molar-refractivity contribution in [2.45, 2.75) is 80.4 Å². The Morgan fingerprint density at radius 2 is 1.00 bits per heavy atom. The maximum absolute atomic E-state index is 8.36. The number of aliphatic hydroxyl groups is 4. The molecule has 0 spiro atoms. The van der Waals surface area contributed by atoms with Crippen LogP contribution in [-0.2, 0) is 0 Å². The van der Waals surface area contributed by atoms with Crippen molar-refractivity contribution < 1.29 is 20.4 Å². The summed E-state index contributed by atoms with van der Waals surface area (Å²) in [7, 11) is 0. The summed E-state index contributed by atoms with van der Waals surface area (Å²) < 4.78 is 0. The molecule has 0 saturated carbocycles. The predicted molar refractivity (Wildman–Crippen MR) is 87.8 cm³/mol. The van der Waals surface area contributed by atoms with Gasteiger partial charge in [0.1, 0.15) is 0 Å². The van der Waals surface area contributed by atoms with Gasteiger partial charge in [-0.1, -0.05) is 34.6 Å². The van der Waals surface area contributed by atoms with Gasteiger partial charge in [0.2, 0.25) is 0 Å². The van der Waals surface area contributed by atoms with Crippen LogP contribution >= 0.6 is 0 Å². The Labute approximate surface area is 126 Å². The molecule has 0 radical (unpaired) electrons. The summed E-state index contributed by atoms with van der Waals surface area (Å²) in [5, 5.41) is 32.8. The third kappa shape index (κ3) is 108. The lowest BCUT2D eigenvalue weighted by Gasteiger charge is -1.95. The van der Waals surface area contributed by atoms with Gasteiger partial charge in [-0.3, -0.25) is 0 Å². The summed E-state index contributed by atoms with van der Waals surface area (Å²) in [6.07, 6.45) is 1.51. The van der Waals surface area contributed by atoms with Gasteiger partial charge in [-0.15, -0.1) is 0 Å². The molecule has 0 heterocycles. The maximum atomic E-state index is 8.36. The highest BCUT2D eigenvalue weighted by molar-refractivity contribution is 4.38. The maximum Gasteiger partial charge on any atom is 0.0509 e. The van der Waals surface area contributed by atoms with Gasteiger partial charge in [-0.25, -0.2) is 0 Å². The van der Waals surface area contributed by atoms with Crippen molar-refractivity contribution in [1.29, 1.82) is 0 Å². The standard InChI is InChI=1S/C5H12O.2C4H10O.C3H8O/c1-5(2)3-4-6;1-4(2)3-5;1-3-4(2)5;1-3(2)4/h5-6H,3-4H2,1-2H3;2*4-5H,3H2,1-2H3;3-4H,1-2H3. The molecule has 0 aliphatic rings. The first-order chi connectivity index (χ1) is 9.04. The molecule has 4 heteroatoms. The molecule has 1 unspecified atom stereocenters. The minimum absolute atomic E-state index is 0.116. The van der Waals surface area contributed by atoms with Gasteiger partial charge in [0, 0.05) is 19.3 Å². The summed E-state index contributed by atoms with van der Waals surface area (Å²) in [6, 6.07) is 0. The van der Waals surface area contributed by atoms with Gasteiger partial charge in [0.15, 0.2) is 0 Å². The highest BCUT2D eigenvalue weighted by Gasteiger charge is 1.86. The van der Waals surface area contributed by atoms with Crippen LogP contribution in [0, 0.1) is 11.8 Å². The van der Waals surface area contributed by atoms with Crippen molar-refractivity contribution in [1.82, 2.24) is 0 Å². The average molecular weight is 296 g/mol. The minimum atomic E-state index is -0.167. The van der Waals surface area contributed by atoms with Crippen LogP contribution in [0.1, 0.15) is 68.2 Å². The van der Waals surface area contributed by atoms with Crippen LogP contribution in [0.5, 0.6) is 0 Å². The normalized spacial score (nSPS) is 10.9. The van der Waals surface area contributed by atoms with E-state index < -0.39 is 0 Å². The molecule has 4 nitrogen and oxygen atoms in total. The highest BCUT2D eigenvalue weighted by atomic mass is 16.3. The fourth-order valence-electron chi connectivity index (χ4n) is 0.258. The topological polar surface area (TPSA) is 80.9 Å². The Balaban J connectivity index is -0.0000000862. The summed E-state index contributed by atoms with van der Waals surface area (Å²) in [6.45, 7) is 15.9. The fourth-order valence-corrected chi connectivity index (χ4v) is 0.258. The molecule has 4 N–H and O–H groups in total. The van der Waals surface area contributed by atoms with Gasteiger partial charge in [-0.2, -0.15) is 0 Å². The lowest BCUT2D eigenvalue weighted by molar-refractivity contribution is 0.191. The van der Waals surface area contributed by atoms with E-state index in [-0.39, 0.29) is 12.2 Å². The van der Waals surface area contributed by atoms with E-state index in [2.05, 4.69) is 13.8 Å². The minimum Gasteiger partial charge on any atom is -0.396 e. The van der Waals surface area contributed by atoms with Crippen LogP contribution in [0.3, 0.4) is 0 Å². The second-order valence-electron chi connectivity index (χ2n) is 5.83. The van der Waals surface area contributed by atoms with Crippen LogP contribution in [-0.4, -0.2) is 45.8 Å². The molecule has 0 aromatic rings. The first-order valence-corrected chi connectivity index (χ1v) is 7.62. The van der Waals surface area contributed by atoms with Gasteiger partial charge in [0.05, 0.1) is 6.10 Å². The molecule has 128 valence electrons. The van der Waals surface area contributed by atoms with E-state index in [0.717, 1.165) is 12.8 Å². The molecule has 0 amide bonds. The molecule has 0 rings (SSSR count). The average Bonchev–Trinajstić information content (AvgIpc) is 2.29. The molecule has 1 atom stereocenters. The zero-order valence-electron chi connectivity index (χ0n) is 14.9. The Morgan fingerprint density at radius 1 is 0.750 bits per heavy atom. The van der Waals surface area contributed by atoms with Crippen molar-refractivity contribution in [3.05, 3.63) is 0 Å². The van der Waals surface area contributed by atoms with Crippen molar-refractivity contribution in [3.63, 3.8) is 0 Å². The van der Waals surface area contributed by atoms with E-state index in [9.17, 15) is 0 Å². The Hall–Kier alpha value is -0.160. The SMILES string of the molecule is CC(C)CCO.CC(C)CO.CC(C)O.CCC(C)O. The predicted octanol–water partition coefficient (Wildman–Crippen LogP) is 2.82. The first-order valence-electron chi connectivity index (χ1n) is 7.62. The van der Waals surface area contributed by atoms with E-state index in [1.807, 2.05) is 20.8 Å². The second kappa shape index (κ2) is 23.9. The third-order valence-corrected chi connectivity index (χ3v) is 1.66. The molecule has 20 heavy (non-hydrogen) atoms. The third-order valence-electron chi connectivity index (χ3n) is 1.66. The number of aliphatic hydroxyl groups excluding tert-OH is 4. The molecule has 0 aliphatic carbocycles. The van der Waals surface area contributed by atoms with E-state index in [4.69, 9.17) is 20.4 Å². The number of rotatable bonds is 4. The second-order valence-corrected chi connectivity index (χ2v) is 5.83. The van der Waals surface area contributed by atoms with Gasteiger partial charge >= 0.3 is 0 Å². The van der Waals surface area contributed by atoms with Gasteiger partial charge in [0.25, 0.3) is 0 Å². The lowest BCUT2D eigenvalue weighted by Crippen LogP contribution is -1.93. The van der Waals surface area contributed by atoms with E-state index in [1.165, 1.54) is 0 Å². The smallest absolute Gasteiger partial charge is 0.0509 e. The molecular weight excluding hydrogens is 256 g/mol. The Bertz CT molecular complexity index is 124. The van der Waals surface area contributed by atoms with Crippen molar-refractivity contribution in [2.24, 2.45) is 11.8 Å². The zero-order valence-corrected chi connectivity index (χ0v) is 14.9. The zero-order chi connectivity index (χ0) is 17.1. The molecule has 0 fully saturated rings. The number of hydrogen-bond acceptors (Lipinski definition) is 4. The molecule has 0 aliphatic heterocycles. The molecule has 0 aromatic heterocycles. The van der Waals surface area contributed by atoms with Crippen LogP contribution in [0.4, 0.5) is 0 Å².